The molecule has 0 atom stereocenters. The molecule has 0 saturated heterocycles. The second-order valence-electron chi connectivity index (χ2n) is 4.63. The monoisotopic (exact) mass is 301 g/mol. The average molecular weight is 301 g/mol. The Labute approximate surface area is 124 Å². The zero-order valence-corrected chi connectivity index (χ0v) is 11.8. The minimum Gasteiger partial charge on any atom is -0.330 e. The van der Waals surface area contributed by atoms with Crippen LogP contribution in [0.2, 0.25) is 0 Å². The van der Waals surface area contributed by atoms with Crippen LogP contribution in [-0.4, -0.2) is 9.55 Å². The van der Waals surface area contributed by atoms with Gasteiger partial charge in [-0.05, 0) is 49.0 Å². The SMILES string of the molecule is Cc1cc2c(cc1F)[nH]c(=S)n2-c1cccc(F)c1C#N. The molecular weight excluding hydrogens is 292 g/mol. The van der Waals surface area contributed by atoms with Crippen LogP contribution in [0, 0.1) is 34.7 Å². The fourth-order valence-electron chi connectivity index (χ4n) is 2.28. The average Bonchev–Trinajstić information content (AvgIpc) is 2.74. The topological polar surface area (TPSA) is 44.5 Å². The Morgan fingerprint density at radius 2 is 2.00 bits per heavy atom. The Kier molecular flexibility index (Phi) is 3.07. The van der Waals surface area contributed by atoms with Gasteiger partial charge in [0, 0.05) is 0 Å². The number of nitriles is 1. The number of aromatic amines is 1. The normalized spacial score (nSPS) is 10.8. The summed E-state index contributed by atoms with van der Waals surface area (Å²) >= 11 is 5.23. The molecule has 0 unspecified atom stereocenters. The Morgan fingerprint density at radius 3 is 2.71 bits per heavy atom. The highest BCUT2D eigenvalue weighted by Gasteiger charge is 2.14. The minimum absolute atomic E-state index is 0.100. The van der Waals surface area contributed by atoms with Crippen molar-refractivity contribution in [1.29, 1.82) is 5.26 Å². The molecule has 3 rings (SSSR count). The fraction of sp³-hybridized carbons (Fsp3) is 0.0667. The number of imidazole rings is 1. The molecule has 3 nitrogen and oxygen atoms in total. The van der Waals surface area contributed by atoms with E-state index in [4.69, 9.17) is 17.5 Å². The van der Waals surface area contributed by atoms with Crippen molar-refractivity contribution in [3.63, 3.8) is 0 Å². The Hall–Kier alpha value is -2.52. The standard InChI is InChI=1S/C15H9F2N3S/c1-8-5-14-12(6-11(8)17)19-15(21)20(14)13-4-2-3-10(16)9(13)7-18/h2-6H,1H3,(H,19,21). The van der Waals surface area contributed by atoms with Gasteiger partial charge in [0.25, 0.3) is 0 Å². The number of fused-ring (bicyclic) bond motifs is 1. The van der Waals surface area contributed by atoms with Crippen molar-refractivity contribution in [3.05, 3.63) is 57.9 Å². The van der Waals surface area contributed by atoms with E-state index >= 15 is 0 Å². The van der Waals surface area contributed by atoms with Crippen molar-refractivity contribution >= 4 is 23.3 Å². The molecule has 3 aromatic rings. The summed E-state index contributed by atoms with van der Waals surface area (Å²) in [5.74, 6) is -0.976. The summed E-state index contributed by atoms with van der Waals surface area (Å²) in [6.07, 6.45) is 0. The smallest absolute Gasteiger partial charge is 0.182 e. The zero-order chi connectivity index (χ0) is 15.1. The van der Waals surface area contributed by atoms with E-state index in [1.54, 1.807) is 23.6 Å². The van der Waals surface area contributed by atoms with Gasteiger partial charge in [0.15, 0.2) is 4.77 Å². The van der Waals surface area contributed by atoms with Gasteiger partial charge < -0.3 is 4.98 Å². The molecule has 0 fully saturated rings. The maximum absolute atomic E-state index is 13.8. The van der Waals surface area contributed by atoms with Crippen LogP contribution in [0.15, 0.2) is 30.3 Å². The van der Waals surface area contributed by atoms with Crippen molar-refractivity contribution < 1.29 is 8.78 Å². The van der Waals surface area contributed by atoms with E-state index in [1.165, 1.54) is 18.2 Å². The first-order valence-corrected chi connectivity index (χ1v) is 6.53. The van der Waals surface area contributed by atoms with Crippen LogP contribution < -0.4 is 0 Å². The van der Waals surface area contributed by atoms with Crippen LogP contribution in [0.5, 0.6) is 0 Å². The summed E-state index contributed by atoms with van der Waals surface area (Å²) in [4.78, 5) is 2.87. The summed E-state index contributed by atoms with van der Waals surface area (Å²) in [7, 11) is 0. The molecule has 0 radical (unpaired) electrons. The molecule has 0 bridgehead atoms. The highest BCUT2D eigenvalue weighted by Crippen LogP contribution is 2.25. The molecule has 0 aliphatic heterocycles. The first kappa shape index (κ1) is 13.5. The molecule has 1 N–H and O–H groups in total. The Bertz CT molecular complexity index is 963. The predicted molar refractivity (Wildman–Crippen MR) is 77.8 cm³/mol. The second-order valence-corrected chi connectivity index (χ2v) is 5.02. The van der Waals surface area contributed by atoms with Gasteiger partial charge in [0.2, 0.25) is 0 Å². The van der Waals surface area contributed by atoms with Crippen LogP contribution in [0.4, 0.5) is 8.78 Å². The third-order valence-electron chi connectivity index (χ3n) is 3.31. The predicted octanol–water partition coefficient (Wildman–Crippen LogP) is 4.15. The lowest BCUT2D eigenvalue weighted by molar-refractivity contribution is 0.620. The maximum atomic E-state index is 13.8. The molecule has 0 aliphatic rings. The summed E-state index contributed by atoms with van der Waals surface area (Å²) < 4.78 is 29.2. The number of rotatable bonds is 1. The molecule has 0 saturated carbocycles. The van der Waals surface area contributed by atoms with E-state index in [0.29, 0.717) is 22.3 Å². The van der Waals surface area contributed by atoms with E-state index in [9.17, 15) is 8.78 Å². The van der Waals surface area contributed by atoms with Crippen LogP contribution in [0.25, 0.3) is 16.7 Å². The van der Waals surface area contributed by atoms with Crippen molar-refractivity contribution in [2.75, 3.05) is 0 Å². The summed E-state index contributed by atoms with van der Waals surface area (Å²) in [6, 6.07) is 9.11. The number of halogens is 2. The van der Waals surface area contributed by atoms with Gasteiger partial charge in [0.1, 0.15) is 23.3 Å². The molecule has 6 heteroatoms. The molecule has 0 aliphatic carbocycles. The van der Waals surface area contributed by atoms with Crippen LogP contribution in [-0.2, 0) is 0 Å². The lowest BCUT2D eigenvalue weighted by Gasteiger charge is -2.08. The van der Waals surface area contributed by atoms with Gasteiger partial charge in [-0.3, -0.25) is 4.57 Å². The number of hydrogen-bond acceptors (Lipinski definition) is 2. The number of nitrogens with zero attached hydrogens (tertiary/aromatic N) is 2. The quantitative estimate of drug-likeness (QED) is 0.686. The van der Waals surface area contributed by atoms with E-state index < -0.39 is 5.82 Å². The fourth-order valence-corrected chi connectivity index (χ4v) is 2.59. The molecule has 0 spiro atoms. The number of aryl methyl sites for hydroxylation is 1. The van der Waals surface area contributed by atoms with E-state index in [1.807, 2.05) is 6.07 Å². The maximum Gasteiger partial charge on any atom is 0.182 e. The number of H-pyrrole nitrogens is 1. The van der Waals surface area contributed by atoms with Gasteiger partial charge in [-0.2, -0.15) is 5.26 Å². The number of hydrogen-bond donors (Lipinski definition) is 1. The van der Waals surface area contributed by atoms with Gasteiger partial charge >= 0.3 is 0 Å². The van der Waals surface area contributed by atoms with Gasteiger partial charge in [-0.1, -0.05) is 6.07 Å². The van der Waals surface area contributed by atoms with Crippen molar-refractivity contribution in [1.82, 2.24) is 9.55 Å². The third-order valence-corrected chi connectivity index (χ3v) is 3.59. The van der Waals surface area contributed by atoms with Crippen LogP contribution in [0.3, 0.4) is 0 Å². The third kappa shape index (κ3) is 2.03. The first-order valence-electron chi connectivity index (χ1n) is 6.13. The Morgan fingerprint density at radius 1 is 1.24 bits per heavy atom. The zero-order valence-electron chi connectivity index (χ0n) is 10.9. The molecule has 1 heterocycles. The van der Waals surface area contributed by atoms with Crippen molar-refractivity contribution in [2.24, 2.45) is 0 Å². The first-order chi connectivity index (χ1) is 10.0. The minimum atomic E-state index is -0.620. The Balaban J connectivity index is 2.44. The van der Waals surface area contributed by atoms with E-state index in [0.717, 1.165) is 0 Å². The molecule has 104 valence electrons. The summed E-state index contributed by atoms with van der Waals surface area (Å²) in [6.45, 7) is 1.63. The lowest BCUT2D eigenvalue weighted by Crippen LogP contribution is -2.00. The molecule has 2 aromatic carbocycles. The number of aromatic nitrogens is 2. The number of benzene rings is 2. The molecular formula is C15H9F2N3S. The van der Waals surface area contributed by atoms with Gasteiger partial charge in [-0.25, -0.2) is 8.78 Å². The second kappa shape index (κ2) is 4.79. The summed E-state index contributed by atoms with van der Waals surface area (Å²) in [5.41, 5.74) is 1.77. The number of nitrogens with one attached hydrogen (secondary N) is 1. The molecule has 0 amide bonds. The highest BCUT2D eigenvalue weighted by molar-refractivity contribution is 7.71. The van der Waals surface area contributed by atoms with Crippen LogP contribution in [0.1, 0.15) is 11.1 Å². The van der Waals surface area contributed by atoms with Gasteiger partial charge in [-0.15, -0.1) is 0 Å². The lowest BCUT2D eigenvalue weighted by atomic mass is 10.1. The largest absolute Gasteiger partial charge is 0.330 e. The van der Waals surface area contributed by atoms with Crippen LogP contribution >= 0.6 is 12.2 Å². The van der Waals surface area contributed by atoms with E-state index in [2.05, 4.69) is 4.98 Å². The highest BCUT2D eigenvalue weighted by atomic mass is 32.1. The molecule has 21 heavy (non-hydrogen) atoms. The van der Waals surface area contributed by atoms with E-state index in [-0.39, 0.29) is 16.2 Å². The van der Waals surface area contributed by atoms with Crippen molar-refractivity contribution in [3.8, 4) is 11.8 Å². The van der Waals surface area contributed by atoms with Crippen molar-refractivity contribution in [2.45, 2.75) is 6.92 Å². The summed E-state index contributed by atoms with van der Waals surface area (Å²) in [5, 5.41) is 9.15. The molecule has 1 aromatic heterocycles. The van der Waals surface area contributed by atoms with Gasteiger partial charge in [0.05, 0.1) is 16.7 Å².